The summed E-state index contributed by atoms with van der Waals surface area (Å²) in [6.45, 7) is 4.63. The minimum absolute atomic E-state index is 0.147. The lowest BCUT2D eigenvalue weighted by Gasteiger charge is -2.20. The zero-order valence-electron chi connectivity index (χ0n) is 19.4. The molecule has 2 unspecified atom stereocenters. The molecule has 0 bridgehead atoms. The molecule has 2 aliphatic carbocycles. The highest BCUT2D eigenvalue weighted by Gasteiger charge is 2.72. The quantitative estimate of drug-likeness (QED) is 0.565. The van der Waals surface area contributed by atoms with Crippen LogP contribution in [0.5, 0.6) is 0 Å². The maximum absolute atomic E-state index is 13.5. The van der Waals surface area contributed by atoms with Gasteiger partial charge >= 0.3 is 0 Å². The van der Waals surface area contributed by atoms with E-state index in [2.05, 4.69) is 30.6 Å². The highest BCUT2D eigenvalue weighted by molar-refractivity contribution is 5.92. The monoisotopic (exact) mass is 481 g/mol. The molecule has 12 heteroatoms. The number of nitrogens with one attached hydrogen (secondary N) is 1. The standard InChI is InChI=1S/C23H25F2N9O/c1-11-5-15-14(20(26)28-11)3-4-18(15)30-21(35)19-10-34(32-31-19)7-13-6-27-22(29-12(13)2)33-8-16-17(9-33)23(16,24)25/h5-6,10,16-18H,3-4,7-9H2,1-2H3,(H2,26,28)(H,30,35)/t16?,17?,18-/m1/s1. The predicted molar refractivity (Wildman–Crippen MR) is 122 cm³/mol. The van der Waals surface area contributed by atoms with Gasteiger partial charge in [0.2, 0.25) is 5.95 Å². The Morgan fingerprint density at radius 3 is 2.77 bits per heavy atom. The fraction of sp³-hybridized carbons (Fsp3) is 0.478. The van der Waals surface area contributed by atoms with Crippen molar-refractivity contribution in [3.05, 3.63) is 52.2 Å². The zero-order chi connectivity index (χ0) is 24.5. The first-order chi connectivity index (χ1) is 16.7. The van der Waals surface area contributed by atoms with Gasteiger partial charge in [-0.05, 0) is 43.9 Å². The minimum atomic E-state index is -2.53. The van der Waals surface area contributed by atoms with Gasteiger partial charge in [0.25, 0.3) is 11.8 Å². The summed E-state index contributed by atoms with van der Waals surface area (Å²) < 4.78 is 28.5. The number of carbonyl (C=O) groups is 1. The molecule has 3 aliphatic rings. The number of fused-ring (bicyclic) bond motifs is 2. The van der Waals surface area contributed by atoms with Crippen LogP contribution in [0.15, 0.2) is 18.5 Å². The van der Waals surface area contributed by atoms with Gasteiger partial charge in [-0.25, -0.2) is 28.4 Å². The summed E-state index contributed by atoms with van der Waals surface area (Å²) in [6, 6.07) is 1.82. The van der Waals surface area contributed by atoms with E-state index >= 15 is 0 Å². The number of aromatic nitrogens is 6. The van der Waals surface area contributed by atoms with E-state index in [4.69, 9.17) is 5.73 Å². The molecular formula is C23H25F2N9O. The van der Waals surface area contributed by atoms with E-state index in [1.165, 1.54) is 0 Å². The van der Waals surface area contributed by atoms with E-state index in [1.807, 2.05) is 24.8 Å². The molecule has 10 nitrogen and oxygen atoms in total. The molecule has 3 atom stereocenters. The van der Waals surface area contributed by atoms with Crippen LogP contribution in [0.1, 0.15) is 51.0 Å². The number of rotatable bonds is 5. The number of nitrogens with zero attached hydrogens (tertiary/aromatic N) is 7. The average Bonchev–Trinajstić information content (AvgIpc) is 3.36. The van der Waals surface area contributed by atoms with Gasteiger partial charge in [0.1, 0.15) is 5.82 Å². The average molecular weight is 482 g/mol. The third kappa shape index (κ3) is 3.67. The number of halogens is 2. The van der Waals surface area contributed by atoms with Crippen molar-refractivity contribution in [2.24, 2.45) is 11.8 Å². The summed E-state index contributed by atoms with van der Waals surface area (Å²) in [7, 11) is 0. The van der Waals surface area contributed by atoms with Crippen LogP contribution >= 0.6 is 0 Å². The van der Waals surface area contributed by atoms with Crippen molar-refractivity contribution < 1.29 is 13.6 Å². The third-order valence-electron chi connectivity index (χ3n) is 7.34. The highest BCUT2D eigenvalue weighted by atomic mass is 19.3. The molecule has 0 aromatic carbocycles. The first kappa shape index (κ1) is 21.8. The van der Waals surface area contributed by atoms with Crippen molar-refractivity contribution in [2.45, 2.75) is 45.2 Å². The Morgan fingerprint density at radius 1 is 1.26 bits per heavy atom. The Bertz CT molecular complexity index is 1330. The molecule has 35 heavy (non-hydrogen) atoms. The number of alkyl halides is 2. The van der Waals surface area contributed by atoms with Crippen LogP contribution in [-0.4, -0.2) is 54.9 Å². The van der Waals surface area contributed by atoms with Crippen molar-refractivity contribution >= 4 is 17.7 Å². The predicted octanol–water partition coefficient (Wildman–Crippen LogP) is 1.83. The summed E-state index contributed by atoms with van der Waals surface area (Å²) in [5.41, 5.74) is 10.6. The van der Waals surface area contributed by atoms with Crippen molar-refractivity contribution in [1.82, 2.24) is 35.3 Å². The van der Waals surface area contributed by atoms with E-state index in [0.29, 0.717) is 18.3 Å². The molecule has 1 amide bonds. The number of carbonyl (C=O) groups excluding carboxylic acids is 1. The molecule has 1 saturated carbocycles. The van der Waals surface area contributed by atoms with Gasteiger partial charge < -0.3 is 16.0 Å². The second-order valence-corrected chi connectivity index (χ2v) is 9.66. The molecule has 182 valence electrons. The summed E-state index contributed by atoms with van der Waals surface area (Å²) in [6.07, 6.45) is 4.78. The normalized spacial score (nSPS) is 23.8. The van der Waals surface area contributed by atoms with E-state index in [9.17, 15) is 13.6 Å². The number of piperidine rings is 1. The molecule has 2 fully saturated rings. The van der Waals surface area contributed by atoms with Crippen molar-refractivity contribution in [1.29, 1.82) is 0 Å². The van der Waals surface area contributed by atoms with Crippen molar-refractivity contribution in [2.75, 3.05) is 23.7 Å². The van der Waals surface area contributed by atoms with Gasteiger partial charge in [0.15, 0.2) is 5.69 Å². The van der Waals surface area contributed by atoms with Gasteiger partial charge in [-0.3, -0.25) is 4.79 Å². The summed E-state index contributed by atoms with van der Waals surface area (Å²) in [4.78, 5) is 27.8. The van der Waals surface area contributed by atoms with Crippen LogP contribution in [0.4, 0.5) is 20.5 Å². The number of hydrogen-bond acceptors (Lipinski definition) is 8. The number of nitrogen functional groups attached to an aromatic ring is 1. The first-order valence-electron chi connectivity index (χ1n) is 11.6. The van der Waals surface area contributed by atoms with Crippen molar-refractivity contribution in [3.63, 3.8) is 0 Å². The molecule has 6 rings (SSSR count). The summed E-state index contributed by atoms with van der Waals surface area (Å²) in [5, 5.41) is 11.1. The van der Waals surface area contributed by atoms with E-state index in [0.717, 1.165) is 40.9 Å². The van der Waals surface area contributed by atoms with Crippen LogP contribution in [0, 0.1) is 25.7 Å². The number of hydrogen-bond donors (Lipinski definition) is 2. The van der Waals surface area contributed by atoms with Crippen LogP contribution in [0.2, 0.25) is 0 Å². The Morgan fingerprint density at radius 2 is 2.03 bits per heavy atom. The highest BCUT2D eigenvalue weighted by Crippen LogP contribution is 2.59. The number of nitrogens with two attached hydrogens (primary N) is 1. The summed E-state index contributed by atoms with van der Waals surface area (Å²) in [5.74, 6) is -3.02. The van der Waals surface area contributed by atoms with Gasteiger partial charge in [-0.1, -0.05) is 5.21 Å². The lowest BCUT2D eigenvalue weighted by Crippen LogP contribution is -2.29. The summed E-state index contributed by atoms with van der Waals surface area (Å²) >= 11 is 0. The second kappa shape index (κ2) is 7.65. The Kier molecular flexibility index (Phi) is 4.77. The SMILES string of the molecule is Cc1cc2c(c(N)n1)CC[C@H]2NC(=O)c1cn(Cc2cnc(N3CC4C(C3)C4(F)F)nc2C)nn1. The maximum atomic E-state index is 13.5. The third-order valence-corrected chi connectivity index (χ3v) is 7.34. The Hall–Kier alpha value is -3.70. The molecule has 3 aromatic rings. The van der Waals surface area contributed by atoms with E-state index in [-0.39, 0.29) is 30.7 Å². The van der Waals surface area contributed by atoms with Crippen LogP contribution in [-0.2, 0) is 13.0 Å². The van der Waals surface area contributed by atoms with Crippen LogP contribution in [0.25, 0.3) is 0 Å². The number of pyridine rings is 1. The zero-order valence-corrected chi connectivity index (χ0v) is 19.4. The van der Waals surface area contributed by atoms with Crippen LogP contribution < -0.4 is 16.0 Å². The van der Waals surface area contributed by atoms with Gasteiger partial charge in [-0.2, -0.15) is 0 Å². The van der Waals surface area contributed by atoms with Gasteiger partial charge in [0, 0.05) is 36.2 Å². The lowest BCUT2D eigenvalue weighted by atomic mass is 10.1. The number of anilines is 2. The van der Waals surface area contributed by atoms with Crippen molar-refractivity contribution in [3.8, 4) is 0 Å². The molecule has 4 heterocycles. The smallest absolute Gasteiger partial charge is 0.273 e. The number of aryl methyl sites for hydroxylation is 2. The Balaban J connectivity index is 1.11. The minimum Gasteiger partial charge on any atom is -0.383 e. The fourth-order valence-corrected chi connectivity index (χ4v) is 5.27. The lowest BCUT2D eigenvalue weighted by molar-refractivity contribution is 0.0795. The van der Waals surface area contributed by atoms with Crippen LogP contribution in [0.3, 0.4) is 0 Å². The van der Waals surface area contributed by atoms with E-state index < -0.39 is 17.8 Å². The number of amides is 1. The fourth-order valence-electron chi connectivity index (χ4n) is 5.27. The first-order valence-corrected chi connectivity index (χ1v) is 11.6. The Labute approximate surface area is 200 Å². The molecule has 0 radical (unpaired) electrons. The molecule has 1 saturated heterocycles. The molecule has 1 aliphatic heterocycles. The molecule has 3 N–H and O–H groups in total. The maximum Gasteiger partial charge on any atom is 0.273 e. The van der Waals surface area contributed by atoms with Gasteiger partial charge in [-0.15, -0.1) is 5.10 Å². The topological polar surface area (TPSA) is 128 Å². The molecule has 3 aromatic heterocycles. The van der Waals surface area contributed by atoms with Gasteiger partial charge in [0.05, 0.1) is 30.6 Å². The molecule has 0 spiro atoms. The largest absolute Gasteiger partial charge is 0.383 e. The second-order valence-electron chi connectivity index (χ2n) is 9.66. The molecular weight excluding hydrogens is 456 g/mol. The van der Waals surface area contributed by atoms with E-state index in [1.54, 1.807) is 17.1 Å².